The van der Waals surface area contributed by atoms with Crippen molar-refractivity contribution in [2.45, 2.75) is 59.8 Å². The zero-order chi connectivity index (χ0) is 29.5. The molecule has 4 aromatic carbocycles. The van der Waals surface area contributed by atoms with Crippen LogP contribution in [-0.2, 0) is 44.8 Å². The average Bonchev–Trinajstić information content (AvgIpc) is 3.83. The van der Waals surface area contributed by atoms with Gasteiger partial charge in [-0.3, -0.25) is 0 Å². The van der Waals surface area contributed by atoms with E-state index in [0.29, 0.717) is 8.45 Å². The number of halogens is 2. The van der Waals surface area contributed by atoms with E-state index in [9.17, 15) is 0 Å². The standard InChI is InChI=1S/2C21H18N.2ClH.Ti/c2*1-2-8-16-14-17(13-15(16)7-1)22-20-11-5-3-9-18(20)19-10-4-6-12-21(19)22;;;/h2*1-3,5,7-9,11,13-14H,4,6,10,12H2;2*1H;/q;;;;+2/p-2. The van der Waals surface area contributed by atoms with Gasteiger partial charge in [-0.2, -0.15) is 0 Å². The van der Waals surface area contributed by atoms with Gasteiger partial charge in [0.25, 0.3) is 0 Å². The molecule has 0 amide bonds. The zero-order valence-electron chi connectivity index (χ0n) is 26.4. The van der Waals surface area contributed by atoms with Crippen LogP contribution in [0.1, 0.15) is 78.9 Å². The van der Waals surface area contributed by atoms with E-state index in [1.165, 1.54) is 107 Å². The summed E-state index contributed by atoms with van der Waals surface area (Å²) >= 11 is -0.570. The van der Waals surface area contributed by atoms with Crippen molar-refractivity contribution in [3.8, 4) is 0 Å². The van der Waals surface area contributed by atoms with E-state index >= 15 is 0 Å². The van der Waals surface area contributed by atoms with E-state index in [4.69, 9.17) is 0 Å². The van der Waals surface area contributed by atoms with Gasteiger partial charge < -0.3 is 24.8 Å². The van der Waals surface area contributed by atoms with Gasteiger partial charge in [0.1, 0.15) is 0 Å². The first-order valence-corrected chi connectivity index (χ1v) is 18.8. The van der Waals surface area contributed by atoms with Gasteiger partial charge in [-0.05, 0) is 0 Å². The topological polar surface area (TPSA) is 9.86 Å². The molecule has 2 nitrogen and oxygen atoms in total. The van der Waals surface area contributed by atoms with E-state index in [-0.39, 0.29) is 24.8 Å². The maximum Gasteiger partial charge on any atom is -1.00 e. The quantitative estimate of drug-likeness (QED) is 0.246. The minimum absolute atomic E-state index is 0. The molecule has 2 aromatic heterocycles. The summed E-state index contributed by atoms with van der Waals surface area (Å²) in [6.45, 7) is 0. The normalized spacial score (nSPS) is 19.1. The number of allylic oxidation sites excluding steroid dienone is 2. The Hall–Kier alpha value is -3.27. The number of aromatic nitrogens is 2. The van der Waals surface area contributed by atoms with Gasteiger partial charge in [0.15, 0.2) is 0 Å². The van der Waals surface area contributed by atoms with E-state index in [2.05, 4.69) is 118 Å². The Morgan fingerprint density at radius 2 is 0.872 bits per heavy atom. The van der Waals surface area contributed by atoms with Crippen LogP contribution < -0.4 is 24.8 Å². The van der Waals surface area contributed by atoms with E-state index < -0.39 is 19.2 Å². The molecule has 4 aliphatic rings. The fourth-order valence-corrected chi connectivity index (χ4v) is 12.2. The predicted octanol–water partition coefficient (Wildman–Crippen LogP) is 4.25. The van der Waals surface area contributed by atoms with Crippen molar-refractivity contribution in [1.29, 1.82) is 0 Å². The molecule has 0 spiro atoms. The predicted molar refractivity (Wildman–Crippen MR) is 184 cm³/mol. The molecule has 0 saturated carbocycles. The molecule has 2 unspecified atom stereocenters. The summed E-state index contributed by atoms with van der Waals surface area (Å²) in [5.74, 6) is 0. The third-order valence-electron chi connectivity index (χ3n) is 11.0. The zero-order valence-corrected chi connectivity index (χ0v) is 29.4. The molecule has 5 heteroatoms. The molecule has 47 heavy (non-hydrogen) atoms. The van der Waals surface area contributed by atoms with Crippen molar-refractivity contribution in [2.75, 3.05) is 0 Å². The number of para-hydroxylation sites is 2. The second kappa shape index (κ2) is 12.3. The van der Waals surface area contributed by atoms with E-state index in [1.54, 1.807) is 22.5 Å². The van der Waals surface area contributed by atoms with Crippen LogP contribution in [-0.4, -0.2) is 9.13 Å². The smallest absolute Gasteiger partial charge is 1.00 e. The van der Waals surface area contributed by atoms with Gasteiger partial charge in [0, 0.05) is 0 Å². The SMILES string of the molecule is C1=C(n2c3c(c4ccccc42)CCCC3)[CH]([Ti+2][CH]2C(n3c4c(c5ccccc53)CCCC4)=Cc3ccccc32)c2ccccc21.[Cl-].[Cl-]. The molecule has 0 fully saturated rings. The monoisotopic (exact) mass is 686 g/mol. The van der Waals surface area contributed by atoms with Crippen molar-refractivity contribution in [3.63, 3.8) is 0 Å². The molecule has 0 bridgehead atoms. The molecule has 0 aliphatic heterocycles. The van der Waals surface area contributed by atoms with Gasteiger partial charge in [-0.25, -0.2) is 0 Å². The molecule has 10 rings (SSSR count). The number of hydrogen-bond donors (Lipinski definition) is 0. The first-order valence-electron chi connectivity index (χ1n) is 17.0. The third-order valence-corrected chi connectivity index (χ3v) is 14.0. The number of fused-ring (bicyclic) bond motifs is 8. The summed E-state index contributed by atoms with van der Waals surface area (Å²) in [5.41, 5.74) is 18.1. The van der Waals surface area contributed by atoms with Crippen LogP contribution in [0.3, 0.4) is 0 Å². The average molecular weight is 688 g/mol. The molecule has 0 N–H and O–H groups in total. The summed E-state index contributed by atoms with van der Waals surface area (Å²) in [7, 11) is 0. The molecular weight excluding hydrogens is 651 g/mol. The number of aryl methyl sites for hydroxylation is 2. The second-order valence-corrected chi connectivity index (χ2v) is 15.7. The van der Waals surface area contributed by atoms with Crippen LogP contribution in [0.5, 0.6) is 0 Å². The minimum atomic E-state index is -0.570. The van der Waals surface area contributed by atoms with Gasteiger partial charge in [0.2, 0.25) is 0 Å². The summed E-state index contributed by atoms with van der Waals surface area (Å²) in [6.07, 6.45) is 15.1. The largest absolute Gasteiger partial charge is 1.00 e. The van der Waals surface area contributed by atoms with Crippen LogP contribution >= 0.6 is 0 Å². The van der Waals surface area contributed by atoms with Crippen LogP contribution in [0.2, 0.25) is 0 Å². The van der Waals surface area contributed by atoms with Gasteiger partial charge in [-0.1, -0.05) is 0 Å². The summed E-state index contributed by atoms with van der Waals surface area (Å²) in [5, 5.41) is 2.94. The molecule has 4 aliphatic carbocycles. The Balaban J connectivity index is 0.00000162. The Labute approximate surface area is 298 Å². The first-order chi connectivity index (χ1) is 22.3. The summed E-state index contributed by atoms with van der Waals surface area (Å²) in [4.78, 5) is 0. The van der Waals surface area contributed by atoms with Crippen molar-refractivity contribution in [3.05, 3.63) is 142 Å². The number of rotatable bonds is 4. The van der Waals surface area contributed by atoms with Gasteiger partial charge in [-0.15, -0.1) is 0 Å². The van der Waals surface area contributed by atoms with Gasteiger partial charge >= 0.3 is 275 Å². The number of hydrogen-bond acceptors (Lipinski definition) is 0. The Kier molecular flexibility index (Phi) is 8.13. The van der Waals surface area contributed by atoms with Crippen molar-refractivity contribution in [1.82, 2.24) is 9.13 Å². The molecular formula is C42H36Cl2N2Ti. The first kappa shape index (κ1) is 31.0. The molecule has 6 aromatic rings. The number of nitrogens with zero attached hydrogens (tertiary/aromatic N) is 2. The maximum atomic E-state index is 2.73. The van der Waals surface area contributed by atoms with Crippen LogP contribution in [0.15, 0.2) is 97.1 Å². The Morgan fingerprint density at radius 3 is 1.36 bits per heavy atom. The molecule has 0 saturated heterocycles. The van der Waals surface area contributed by atoms with E-state index in [1.807, 2.05) is 0 Å². The fourth-order valence-electron chi connectivity index (χ4n) is 9.10. The Morgan fingerprint density at radius 1 is 0.468 bits per heavy atom. The van der Waals surface area contributed by atoms with Crippen LogP contribution in [0.4, 0.5) is 0 Å². The molecule has 0 radical (unpaired) electrons. The second-order valence-electron chi connectivity index (χ2n) is 13.4. The Bertz CT molecular complexity index is 2080. The third kappa shape index (κ3) is 4.71. The summed E-state index contributed by atoms with van der Waals surface area (Å²) < 4.78 is 6.35. The molecule has 232 valence electrons. The molecule has 2 heterocycles. The van der Waals surface area contributed by atoms with Crippen molar-refractivity contribution < 1.29 is 44.0 Å². The fraction of sp³-hybridized carbons (Fsp3) is 0.238. The molecule has 2 atom stereocenters. The van der Waals surface area contributed by atoms with Crippen molar-refractivity contribution >= 4 is 45.4 Å². The summed E-state index contributed by atoms with van der Waals surface area (Å²) in [6, 6.07) is 37.0. The van der Waals surface area contributed by atoms with Crippen LogP contribution in [0.25, 0.3) is 45.4 Å². The van der Waals surface area contributed by atoms with Crippen LogP contribution in [0, 0.1) is 0 Å². The van der Waals surface area contributed by atoms with Crippen molar-refractivity contribution in [2.24, 2.45) is 0 Å². The van der Waals surface area contributed by atoms with Gasteiger partial charge in [0.05, 0.1) is 0 Å². The van der Waals surface area contributed by atoms with E-state index in [0.717, 1.165) is 0 Å². The maximum absolute atomic E-state index is 2.73. The minimum Gasteiger partial charge on any atom is -1.00 e. The number of benzene rings is 4.